The molecule has 0 spiro atoms. The summed E-state index contributed by atoms with van der Waals surface area (Å²) in [4.78, 5) is 0. The van der Waals surface area contributed by atoms with Crippen molar-refractivity contribution in [1.82, 2.24) is 0 Å². The number of anilines is 1. The van der Waals surface area contributed by atoms with Gasteiger partial charge in [-0.15, -0.1) is 0 Å². The fourth-order valence-electron chi connectivity index (χ4n) is 1.76. The maximum absolute atomic E-state index is 8.93. The summed E-state index contributed by atoms with van der Waals surface area (Å²) in [5, 5.41) is 12.4. The summed E-state index contributed by atoms with van der Waals surface area (Å²) in [6, 6.07) is 8.52. The molecule has 1 unspecified atom stereocenters. The first-order chi connectivity index (χ1) is 7.14. The Kier molecular flexibility index (Phi) is 2.70. The van der Waals surface area contributed by atoms with Gasteiger partial charge < -0.3 is 10.4 Å². The van der Waals surface area contributed by atoms with Gasteiger partial charge in [0.15, 0.2) is 0 Å². The second-order valence-corrected chi connectivity index (χ2v) is 4.88. The van der Waals surface area contributed by atoms with E-state index in [0.717, 1.165) is 11.3 Å². The summed E-state index contributed by atoms with van der Waals surface area (Å²) in [5.74, 6) is 0. The third-order valence-corrected chi connectivity index (χ3v) is 3.60. The molecule has 0 amide bonds. The summed E-state index contributed by atoms with van der Waals surface area (Å²) < 4.78 is 0. The molecule has 0 radical (unpaired) electrons. The number of hydrogen-bond donors (Lipinski definition) is 2. The van der Waals surface area contributed by atoms with Gasteiger partial charge in [-0.1, -0.05) is 19.1 Å². The van der Waals surface area contributed by atoms with E-state index in [4.69, 9.17) is 5.11 Å². The molecule has 0 bridgehead atoms. The molecule has 1 saturated carbocycles. The van der Waals surface area contributed by atoms with Crippen LogP contribution in [0.1, 0.15) is 32.3 Å². The summed E-state index contributed by atoms with van der Waals surface area (Å²) >= 11 is 0. The van der Waals surface area contributed by atoms with Crippen molar-refractivity contribution >= 4 is 5.69 Å². The molecule has 1 aliphatic rings. The van der Waals surface area contributed by atoms with Gasteiger partial charge in [-0.2, -0.15) is 0 Å². The summed E-state index contributed by atoms with van der Waals surface area (Å²) in [6.07, 6.45) is 2.66. The van der Waals surface area contributed by atoms with E-state index in [1.807, 2.05) is 24.3 Å². The zero-order valence-corrected chi connectivity index (χ0v) is 9.46. The molecule has 2 heteroatoms. The highest BCUT2D eigenvalue weighted by Crippen LogP contribution is 2.48. The fraction of sp³-hybridized carbons (Fsp3) is 0.538. The van der Waals surface area contributed by atoms with Crippen molar-refractivity contribution in [3.63, 3.8) is 0 Å². The SMILES string of the molecule is CC(Nc1ccc(CO)cc1)C1(C)CC1. The minimum atomic E-state index is 0.119. The highest BCUT2D eigenvalue weighted by atomic mass is 16.3. The van der Waals surface area contributed by atoms with Gasteiger partial charge >= 0.3 is 0 Å². The van der Waals surface area contributed by atoms with Gasteiger partial charge in [0, 0.05) is 11.7 Å². The van der Waals surface area contributed by atoms with Gasteiger partial charge in [0.2, 0.25) is 0 Å². The summed E-state index contributed by atoms with van der Waals surface area (Å²) in [7, 11) is 0. The fourth-order valence-corrected chi connectivity index (χ4v) is 1.76. The smallest absolute Gasteiger partial charge is 0.0681 e. The Labute approximate surface area is 91.3 Å². The van der Waals surface area contributed by atoms with Crippen LogP contribution in [0.4, 0.5) is 5.69 Å². The molecule has 0 aliphatic heterocycles. The van der Waals surface area contributed by atoms with Crippen molar-refractivity contribution in [3.8, 4) is 0 Å². The van der Waals surface area contributed by atoms with E-state index >= 15 is 0 Å². The first-order valence-corrected chi connectivity index (χ1v) is 5.60. The van der Waals surface area contributed by atoms with Crippen molar-refractivity contribution in [1.29, 1.82) is 0 Å². The number of aliphatic hydroxyl groups excluding tert-OH is 1. The van der Waals surface area contributed by atoms with Gasteiger partial charge in [0.05, 0.1) is 6.61 Å². The summed E-state index contributed by atoms with van der Waals surface area (Å²) in [6.45, 7) is 4.69. The topological polar surface area (TPSA) is 32.3 Å². The Morgan fingerprint density at radius 2 is 1.93 bits per heavy atom. The molecule has 0 saturated heterocycles. The monoisotopic (exact) mass is 205 g/mol. The molecule has 1 aromatic rings. The molecular weight excluding hydrogens is 186 g/mol. The van der Waals surface area contributed by atoms with Crippen LogP contribution in [0.25, 0.3) is 0 Å². The van der Waals surface area contributed by atoms with E-state index in [2.05, 4.69) is 19.2 Å². The van der Waals surface area contributed by atoms with Crippen LogP contribution in [0, 0.1) is 5.41 Å². The average molecular weight is 205 g/mol. The van der Waals surface area contributed by atoms with Crippen LogP contribution in [-0.2, 0) is 6.61 Å². The van der Waals surface area contributed by atoms with Crippen molar-refractivity contribution in [3.05, 3.63) is 29.8 Å². The molecule has 2 N–H and O–H groups in total. The molecule has 1 aliphatic carbocycles. The average Bonchev–Trinajstić information content (AvgIpc) is 2.99. The quantitative estimate of drug-likeness (QED) is 0.792. The normalized spacial score (nSPS) is 19.7. The predicted octanol–water partition coefficient (Wildman–Crippen LogP) is 2.78. The minimum absolute atomic E-state index is 0.119. The Morgan fingerprint density at radius 1 is 1.33 bits per heavy atom. The van der Waals surface area contributed by atoms with Gasteiger partial charge in [-0.05, 0) is 42.9 Å². The lowest BCUT2D eigenvalue weighted by atomic mass is 10.0. The third kappa shape index (κ3) is 2.32. The van der Waals surface area contributed by atoms with Crippen molar-refractivity contribution < 1.29 is 5.11 Å². The first-order valence-electron chi connectivity index (χ1n) is 5.60. The van der Waals surface area contributed by atoms with Crippen LogP contribution in [0.15, 0.2) is 24.3 Å². The second-order valence-electron chi connectivity index (χ2n) is 4.88. The minimum Gasteiger partial charge on any atom is -0.392 e. The molecule has 15 heavy (non-hydrogen) atoms. The molecular formula is C13H19NO. The molecule has 2 nitrogen and oxygen atoms in total. The van der Waals surface area contributed by atoms with E-state index < -0.39 is 0 Å². The third-order valence-electron chi connectivity index (χ3n) is 3.60. The molecule has 1 aromatic carbocycles. The molecule has 0 heterocycles. The van der Waals surface area contributed by atoms with E-state index in [-0.39, 0.29) is 6.61 Å². The maximum Gasteiger partial charge on any atom is 0.0681 e. The lowest BCUT2D eigenvalue weighted by Gasteiger charge is -2.21. The zero-order valence-electron chi connectivity index (χ0n) is 9.46. The lowest BCUT2D eigenvalue weighted by molar-refractivity contribution is 0.282. The maximum atomic E-state index is 8.93. The van der Waals surface area contributed by atoms with Crippen LogP contribution in [0.3, 0.4) is 0 Å². The number of aliphatic hydroxyl groups is 1. The summed E-state index contributed by atoms with van der Waals surface area (Å²) in [5.41, 5.74) is 2.61. The van der Waals surface area contributed by atoms with Crippen molar-refractivity contribution in [2.75, 3.05) is 5.32 Å². The van der Waals surface area contributed by atoms with E-state index in [9.17, 15) is 0 Å². The Bertz CT molecular complexity index is 327. The first kappa shape index (κ1) is 10.5. The van der Waals surface area contributed by atoms with Gasteiger partial charge in [0.1, 0.15) is 0 Å². The zero-order chi connectivity index (χ0) is 10.9. The largest absolute Gasteiger partial charge is 0.392 e. The molecule has 1 fully saturated rings. The Balaban J connectivity index is 1.98. The van der Waals surface area contributed by atoms with Gasteiger partial charge in [-0.3, -0.25) is 0 Å². The highest BCUT2D eigenvalue weighted by molar-refractivity contribution is 5.45. The number of nitrogens with one attached hydrogen (secondary N) is 1. The second kappa shape index (κ2) is 3.86. The van der Waals surface area contributed by atoms with E-state index in [1.54, 1.807) is 0 Å². The lowest BCUT2D eigenvalue weighted by Crippen LogP contribution is -2.24. The van der Waals surface area contributed by atoms with E-state index in [1.165, 1.54) is 12.8 Å². The van der Waals surface area contributed by atoms with Crippen LogP contribution in [0.2, 0.25) is 0 Å². The van der Waals surface area contributed by atoms with Crippen LogP contribution >= 0.6 is 0 Å². The number of rotatable bonds is 4. The van der Waals surface area contributed by atoms with Crippen LogP contribution < -0.4 is 5.32 Å². The Hall–Kier alpha value is -1.02. The number of hydrogen-bond acceptors (Lipinski definition) is 2. The standard InChI is InChI=1S/C13H19NO/c1-10(13(2)7-8-13)14-12-5-3-11(9-15)4-6-12/h3-6,10,14-15H,7-9H2,1-2H3. The van der Waals surface area contributed by atoms with E-state index in [0.29, 0.717) is 11.5 Å². The molecule has 82 valence electrons. The molecule has 1 atom stereocenters. The van der Waals surface area contributed by atoms with Gasteiger partial charge in [0.25, 0.3) is 0 Å². The number of benzene rings is 1. The van der Waals surface area contributed by atoms with Crippen LogP contribution in [0.5, 0.6) is 0 Å². The van der Waals surface area contributed by atoms with Gasteiger partial charge in [-0.25, -0.2) is 0 Å². The highest BCUT2D eigenvalue weighted by Gasteiger charge is 2.42. The van der Waals surface area contributed by atoms with Crippen molar-refractivity contribution in [2.24, 2.45) is 5.41 Å². The molecule has 0 aromatic heterocycles. The van der Waals surface area contributed by atoms with Crippen LogP contribution in [-0.4, -0.2) is 11.1 Å². The van der Waals surface area contributed by atoms with Crippen molar-refractivity contribution in [2.45, 2.75) is 39.3 Å². The Morgan fingerprint density at radius 3 is 2.40 bits per heavy atom. The molecule has 2 rings (SSSR count). The predicted molar refractivity (Wildman–Crippen MR) is 62.8 cm³/mol.